The van der Waals surface area contributed by atoms with E-state index in [0.717, 1.165) is 31.6 Å². The zero-order chi connectivity index (χ0) is 17.5. The molecule has 1 aromatic carbocycles. The summed E-state index contributed by atoms with van der Waals surface area (Å²) in [5.41, 5.74) is 1.66. The van der Waals surface area contributed by atoms with E-state index in [9.17, 15) is 4.79 Å². The van der Waals surface area contributed by atoms with Crippen molar-refractivity contribution in [3.8, 4) is 5.88 Å². The van der Waals surface area contributed by atoms with E-state index in [2.05, 4.69) is 4.98 Å². The Kier molecular flexibility index (Phi) is 6.01. The van der Waals surface area contributed by atoms with Gasteiger partial charge in [-0.15, -0.1) is 0 Å². The topological polar surface area (TPSA) is 51.7 Å². The number of carbonyl (C=O) groups is 1. The van der Waals surface area contributed by atoms with E-state index < -0.39 is 0 Å². The molecule has 2 heterocycles. The van der Waals surface area contributed by atoms with Crippen LogP contribution in [0.4, 0.5) is 0 Å². The maximum Gasteiger partial charge on any atom is 0.253 e. The van der Waals surface area contributed by atoms with E-state index in [1.54, 1.807) is 23.2 Å². The highest BCUT2D eigenvalue weighted by Crippen LogP contribution is 2.17. The fourth-order valence-electron chi connectivity index (χ4n) is 2.99. The van der Waals surface area contributed by atoms with Crippen LogP contribution in [0.2, 0.25) is 0 Å². The predicted molar refractivity (Wildman–Crippen MR) is 95.5 cm³/mol. The molecule has 0 bridgehead atoms. The van der Waals surface area contributed by atoms with Crippen LogP contribution in [-0.2, 0) is 11.3 Å². The Bertz CT molecular complexity index is 684. The molecule has 1 amide bonds. The fraction of sp³-hybridized carbons (Fsp3) is 0.400. The molecule has 1 aliphatic rings. The molecule has 5 nitrogen and oxygen atoms in total. The lowest BCUT2D eigenvalue weighted by molar-refractivity contribution is 0.0388. The molecule has 3 rings (SSSR count). The van der Waals surface area contributed by atoms with E-state index in [4.69, 9.17) is 9.47 Å². The highest BCUT2D eigenvalue weighted by atomic mass is 16.5. The van der Waals surface area contributed by atoms with Crippen LogP contribution < -0.4 is 4.74 Å². The number of benzene rings is 1. The largest absolute Gasteiger partial charge is 0.473 e. The van der Waals surface area contributed by atoms with Crippen molar-refractivity contribution >= 4 is 5.91 Å². The second-order valence-corrected chi connectivity index (χ2v) is 6.43. The molecule has 5 heteroatoms. The first-order chi connectivity index (χ1) is 12.2. The molecule has 132 valence electrons. The fourth-order valence-corrected chi connectivity index (χ4v) is 2.99. The lowest BCUT2D eigenvalue weighted by Crippen LogP contribution is -2.35. The van der Waals surface area contributed by atoms with Crippen molar-refractivity contribution in [2.24, 2.45) is 5.92 Å². The molecule has 0 saturated carbocycles. The van der Waals surface area contributed by atoms with Gasteiger partial charge in [0.25, 0.3) is 5.91 Å². The first-order valence-corrected chi connectivity index (χ1v) is 8.68. The van der Waals surface area contributed by atoms with Crippen molar-refractivity contribution in [2.45, 2.75) is 19.4 Å². The zero-order valence-electron chi connectivity index (χ0n) is 14.6. The summed E-state index contributed by atoms with van der Waals surface area (Å²) >= 11 is 0. The molecular formula is C20H24N2O3. The number of amides is 1. The normalized spacial score (nSPS) is 17.1. The molecule has 1 atom stereocenters. The first kappa shape index (κ1) is 17.4. The van der Waals surface area contributed by atoms with E-state index in [0.29, 0.717) is 30.5 Å². The number of aromatic nitrogens is 1. The molecule has 0 spiro atoms. The van der Waals surface area contributed by atoms with Crippen molar-refractivity contribution in [1.29, 1.82) is 0 Å². The Morgan fingerprint density at radius 1 is 1.32 bits per heavy atom. The SMILES string of the molecule is CN(C[C@@H]1CCCOC1)C(=O)c1ccnc(OCc2ccccc2)c1. The maximum atomic E-state index is 12.6. The Hall–Kier alpha value is -2.40. The number of pyridine rings is 1. The van der Waals surface area contributed by atoms with Crippen LogP contribution >= 0.6 is 0 Å². The minimum Gasteiger partial charge on any atom is -0.473 e. The van der Waals surface area contributed by atoms with Gasteiger partial charge in [0, 0.05) is 38.0 Å². The number of ether oxygens (including phenoxy) is 2. The van der Waals surface area contributed by atoms with Gasteiger partial charge in [-0.1, -0.05) is 30.3 Å². The van der Waals surface area contributed by atoms with Gasteiger partial charge >= 0.3 is 0 Å². The van der Waals surface area contributed by atoms with Gasteiger partial charge in [0.05, 0.1) is 6.61 Å². The van der Waals surface area contributed by atoms with Gasteiger partial charge in [0.15, 0.2) is 0 Å². The Morgan fingerprint density at radius 2 is 2.16 bits per heavy atom. The van der Waals surface area contributed by atoms with Crippen LogP contribution in [0.25, 0.3) is 0 Å². The summed E-state index contributed by atoms with van der Waals surface area (Å²) in [5.74, 6) is 0.861. The number of rotatable bonds is 6. The van der Waals surface area contributed by atoms with Crippen molar-refractivity contribution in [2.75, 3.05) is 26.8 Å². The monoisotopic (exact) mass is 340 g/mol. The van der Waals surface area contributed by atoms with E-state index in [1.807, 2.05) is 37.4 Å². The van der Waals surface area contributed by atoms with Crippen LogP contribution in [0.3, 0.4) is 0 Å². The standard InChI is InChI=1S/C20H24N2O3/c1-22(13-17-8-5-11-24-14-17)20(23)18-9-10-21-19(12-18)25-15-16-6-3-2-4-7-16/h2-4,6-7,9-10,12,17H,5,8,11,13-15H2,1H3/t17-/m0/s1. The summed E-state index contributed by atoms with van der Waals surface area (Å²) in [4.78, 5) is 18.6. The van der Waals surface area contributed by atoms with E-state index in [1.165, 1.54) is 0 Å². The van der Waals surface area contributed by atoms with E-state index >= 15 is 0 Å². The average molecular weight is 340 g/mol. The molecular weight excluding hydrogens is 316 g/mol. The molecule has 0 N–H and O–H groups in total. The first-order valence-electron chi connectivity index (χ1n) is 8.68. The summed E-state index contributed by atoms with van der Waals surface area (Å²) in [5, 5.41) is 0. The molecule has 2 aromatic rings. The third kappa shape index (κ3) is 5.03. The summed E-state index contributed by atoms with van der Waals surface area (Å²) in [6.45, 7) is 2.71. The van der Waals surface area contributed by atoms with Gasteiger partial charge in [-0.3, -0.25) is 4.79 Å². The molecule has 0 aliphatic carbocycles. The van der Waals surface area contributed by atoms with Crippen LogP contribution in [0.1, 0.15) is 28.8 Å². The summed E-state index contributed by atoms with van der Waals surface area (Å²) in [6.07, 6.45) is 3.80. The minimum atomic E-state index is -0.0162. The average Bonchev–Trinajstić information content (AvgIpc) is 2.67. The summed E-state index contributed by atoms with van der Waals surface area (Å²) in [7, 11) is 1.84. The molecule has 1 saturated heterocycles. The predicted octanol–water partition coefficient (Wildman–Crippen LogP) is 3.16. The van der Waals surface area contributed by atoms with Crippen LogP contribution in [0.15, 0.2) is 48.7 Å². The van der Waals surface area contributed by atoms with Crippen LogP contribution in [0, 0.1) is 5.92 Å². The molecule has 1 aliphatic heterocycles. The Morgan fingerprint density at radius 3 is 2.92 bits per heavy atom. The van der Waals surface area contributed by atoms with Gasteiger partial charge in [-0.2, -0.15) is 0 Å². The quantitative estimate of drug-likeness (QED) is 0.810. The van der Waals surface area contributed by atoms with Gasteiger partial charge in [-0.05, 0) is 30.4 Å². The van der Waals surface area contributed by atoms with Gasteiger partial charge in [0.2, 0.25) is 5.88 Å². The molecule has 0 unspecified atom stereocenters. The number of nitrogens with zero attached hydrogens (tertiary/aromatic N) is 2. The number of hydrogen-bond donors (Lipinski definition) is 0. The van der Waals surface area contributed by atoms with Crippen LogP contribution in [0.5, 0.6) is 5.88 Å². The summed E-state index contributed by atoms with van der Waals surface area (Å²) < 4.78 is 11.2. The molecule has 25 heavy (non-hydrogen) atoms. The molecule has 0 radical (unpaired) electrons. The van der Waals surface area contributed by atoms with Crippen molar-refractivity contribution in [1.82, 2.24) is 9.88 Å². The van der Waals surface area contributed by atoms with Gasteiger partial charge in [-0.25, -0.2) is 4.98 Å². The second kappa shape index (κ2) is 8.62. The minimum absolute atomic E-state index is 0.0162. The molecule has 1 aromatic heterocycles. The van der Waals surface area contributed by atoms with Crippen LogP contribution in [-0.4, -0.2) is 42.6 Å². The number of carbonyl (C=O) groups excluding carboxylic acids is 1. The third-order valence-corrected chi connectivity index (χ3v) is 4.34. The van der Waals surface area contributed by atoms with E-state index in [-0.39, 0.29) is 5.91 Å². The zero-order valence-corrected chi connectivity index (χ0v) is 14.6. The van der Waals surface area contributed by atoms with Crippen molar-refractivity contribution in [3.63, 3.8) is 0 Å². The Balaban J connectivity index is 1.58. The summed E-state index contributed by atoms with van der Waals surface area (Å²) in [6, 6.07) is 13.3. The Labute approximate surface area is 148 Å². The third-order valence-electron chi connectivity index (χ3n) is 4.34. The van der Waals surface area contributed by atoms with Gasteiger partial charge in [0.1, 0.15) is 6.61 Å². The number of hydrogen-bond acceptors (Lipinski definition) is 4. The second-order valence-electron chi connectivity index (χ2n) is 6.43. The van der Waals surface area contributed by atoms with Crippen molar-refractivity contribution in [3.05, 3.63) is 59.8 Å². The maximum absolute atomic E-state index is 12.6. The lowest BCUT2D eigenvalue weighted by Gasteiger charge is -2.27. The smallest absolute Gasteiger partial charge is 0.253 e. The highest BCUT2D eigenvalue weighted by molar-refractivity contribution is 5.94. The molecule has 1 fully saturated rings. The van der Waals surface area contributed by atoms with Gasteiger partial charge < -0.3 is 14.4 Å². The lowest BCUT2D eigenvalue weighted by atomic mass is 10.0. The van der Waals surface area contributed by atoms with Crippen molar-refractivity contribution < 1.29 is 14.3 Å². The highest BCUT2D eigenvalue weighted by Gasteiger charge is 2.20.